The van der Waals surface area contributed by atoms with Crippen LogP contribution in [0.1, 0.15) is 16.7 Å². The topological polar surface area (TPSA) is 38.7 Å². The Hall–Kier alpha value is -2.92. The molecule has 0 saturated heterocycles. The van der Waals surface area contributed by atoms with Crippen molar-refractivity contribution in [2.75, 3.05) is 13.2 Å². The van der Waals surface area contributed by atoms with Gasteiger partial charge in [-0.1, -0.05) is 107 Å². The predicted octanol–water partition coefficient (Wildman–Crippen LogP) is 6.20. The molecule has 4 heteroatoms. The SMILES string of the molecule is O[C@H](COc1ccc(Br)cc1)COC(c1ccccc1)(c1ccccc1)c1ccccc1. The van der Waals surface area contributed by atoms with Crippen molar-refractivity contribution >= 4 is 15.9 Å². The molecular weight excluding hydrogens is 464 g/mol. The third kappa shape index (κ3) is 5.10. The van der Waals surface area contributed by atoms with Crippen molar-refractivity contribution in [3.63, 3.8) is 0 Å². The molecule has 4 aromatic carbocycles. The summed E-state index contributed by atoms with van der Waals surface area (Å²) in [5, 5.41) is 10.7. The average molecular weight is 489 g/mol. The minimum atomic E-state index is -0.859. The Kier molecular flexibility index (Phi) is 7.38. The van der Waals surface area contributed by atoms with Gasteiger partial charge >= 0.3 is 0 Å². The fraction of sp³-hybridized carbons (Fsp3) is 0.143. The minimum absolute atomic E-state index is 0.106. The molecule has 0 aromatic heterocycles. The smallest absolute Gasteiger partial charge is 0.143 e. The Labute approximate surface area is 197 Å². The number of halogens is 1. The maximum atomic E-state index is 10.7. The first-order valence-corrected chi connectivity index (χ1v) is 11.3. The molecule has 0 bridgehead atoms. The zero-order chi connectivity index (χ0) is 22.2. The first kappa shape index (κ1) is 22.3. The second-order valence-electron chi connectivity index (χ2n) is 7.51. The van der Waals surface area contributed by atoms with Crippen LogP contribution < -0.4 is 4.74 Å². The summed E-state index contributed by atoms with van der Waals surface area (Å²) in [6.45, 7) is 0.241. The lowest BCUT2D eigenvalue weighted by atomic mass is 9.80. The first-order valence-electron chi connectivity index (χ1n) is 10.6. The lowest BCUT2D eigenvalue weighted by Gasteiger charge is -2.36. The number of benzene rings is 4. The standard InChI is InChI=1S/C28H25BrO3/c29-25-16-18-27(19-17-25)31-20-26(30)21-32-28(22-10-4-1-5-11-22,23-12-6-2-7-13-23)24-14-8-3-9-15-24/h1-19,26,30H,20-21H2/t26-/m1/s1. The summed E-state index contributed by atoms with van der Waals surface area (Å²) in [6, 6.07) is 37.9. The van der Waals surface area contributed by atoms with Crippen molar-refractivity contribution in [3.8, 4) is 5.75 Å². The van der Waals surface area contributed by atoms with E-state index in [0.717, 1.165) is 21.2 Å². The molecule has 1 N–H and O–H groups in total. The predicted molar refractivity (Wildman–Crippen MR) is 131 cm³/mol. The highest BCUT2D eigenvalue weighted by Gasteiger charge is 2.38. The molecule has 0 aliphatic heterocycles. The molecule has 1 atom stereocenters. The molecule has 32 heavy (non-hydrogen) atoms. The summed E-state index contributed by atoms with van der Waals surface area (Å²) in [7, 11) is 0. The number of aliphatic hydroxyl groups excluding tert-OH is 1. The monoisotopic (exact) mass is 488 g/mol. The van der Waals surface area contributed by atoms with E-state index in [9.17, 15) is 5.11 Å². The van der Waals surface area contributed by atoms with Crippen LogP contribution in [0.3, 0.4) is 0 Å². The average Bonchev–Trinajstić information content (AvgIpc) is 2.86. The third-order valence-corrected chi connectivity index (χ3v) is 5.82. The molecule has 3 nitrogen and oxygen atoms in total. The van der Waals surface area contributed by atoms with Gasteiger partial charge in [0.25, 0.3) is 0 Å². The summed E-state index contributed by atoms with van der Waals surface area (Å²) in [5.74, 6) is 0.702. The van der Waals surface area contributed by atoms with Gasteiger partial charge in [0, 0.05) is 4.47 Å². The Morgan fingerprint density at radius 2 is 1.06 bits per heavy atom. The van der Waals surface area contributed by atoms with Crippen LogP contribution in [0.2, 0.25) is 0 Å². The van der Waals surface area contributed by atoms with E-state index in [1.807, 2.05) is 78.9 Å². The van der Waals surface area contributed by atoms with E-state index in [0.29, 0.717) is 5.75 Å². The Bertz CT molecular complexity index is 987. The molecule has 4 aromatic rings. The zero-order valence-corrected chi connectivity index (χ0v) is 19.2. The number of aliphatic hydroxyl groups is 1. The molecule has 0 heterocycles. The van der Waals surface area contributed by atoms with Crippen LogP contribution in [0.15, 0.2) is 120 Å². The van der Waals surface area contributed by atoms with Crippen LogP contribution >= 0.6 is 15.9 Å². The summed E-state index contributed by atoms with van der Waals surface area (Å²) < 4.78 is 13.4. The van der Waals surface area contributed by atoms with E-state index in [1.165, 1.54) is 0 Å². The van der Waals surface area contributed by atoms with Gasteiger partial charge in [0.1, 0.15) is 24.1 Å². The van der Waals surface area contributed by atoms with Gasteiger partial charge in [-0.3, -0.25) is 0 Å². The number of hydrogen-bond donors (Lipinski definition) is 1. The second kappa shape index (κ2) is 10.6. The highest BCUT2D eigenvalue weighted by atomic mass is 79.9. The summed E-state index contributed by atoms with van der Waals surface area (Å²) in [6.07, 6.45) is -0.797. The highest BCUT2D eigenvalue weighted by Crippen LogP contribution is 2.40. The quantitative estimate of drug-likeness (QED) is 0.285. The number of ether oxygens (including phenoxy) is 2. The molecule has 0 amide bonds. The first-order chi connectivity index (χ1) is 15.7. The van der Waals surface area contributed by atoms with Crippen LogP contribution in [-0.4, -0.2) is 24.4 Å². The maximum absolute atomic E-state index is 10.7. The van der Waals surface area contributed by atoms with Gasteiger partial charge in [-0.05, 0) is 41.0 Å². The minimum Gasteiger partial charge on any atom is -0.491 e. The van der Waals surface area contributed by atoms with Gasteiger partial charge < -0.3 is 14.6 Å². The molecule has 4 rings (SSSR count). The van der Waals surface area contributed by atoms with Crippen LogP contribution in [0, 0.1) is 0 Å². The second-order valence-corrected chi connectivity index (χ2v) is 8.42. The van der Waals surface area contributed by atoms with Crippen LogP contribution in [0.4, 0.5) is 0 Å². The number of hydrogen-bond acceptors (Lipinski definition) is 3. The molecule has 0 fully saturated rings. The molecular formula is C28H25BrO3. The van der Waals surface area contributed by atoms with E-state index in [4.69, 9.17) is 9.47 Å². The van der Waals surface area contributed by atoms with Gasteiger partial charge in [0.05, 0.1) is 6.61 Å². The van der Waals surface area contributed by atoms with Gasteiger partial charge in [-0.15, -0.1) is 0 Å². The summed E-state index contributed by atoms with van der Waals surface area (Å²) in [4.78, 5) is 0. The molecule has 0 aliphatic rings. The lowest BCUT2D eigenvalue weighted by Crippen LogP contribution is -2.37. The zero-order valence-electron chi connectivity index (χ0n) is 17.6. The lowest BCUT2D eigenvalue weighted by molar-refractivity contribution is -0.0493. The molecule has 0 unspecified atom stereocenters. The summed E-state index contributed by atoms with van der Waals surface area (Å²) >= 11 is 3.41. The van der Waals surface area contributed by atoms with E-state index in [2.05, 4.69) is 52.3 Å². The highest BCUT2D eigenvalue weighted by molar-refractivity contribution is 9.10. The van der Waals surface area contributed by atoms with Crippen molar-refractivity contribution < 1.29 is 14.6 Å². The van der Waals surface area contributed by atoms with Crippen molar-refractivity contribution in [2.24, 2.45) is 0 Å². The van der Waals surface area contributed by atoms with Crippen molar-refractivity contribution in [2.45, 2.75) is 11.7 Å². The van der Waals surface area contributed by atoms with E-state index in [-0.39, 0.29) is 13.2 Å². The van der Waals surface area contributed by atoms with Crippen molar-refractivity contribution in [3.05, 3.63) is 136 Å². The van der Waals surface area contributed by atoms with Gasteiger partial charge in [-0.2, -0.15) is 0 Å². The molecule has 0 spiro atoms. The van der Waals surface area contributed by atoms with E-state index < -0.39 is 11.7 Å². The fourth-order valence-electron chi connectivity index (χ4n) is 3.76. The Balaban J connectivity index is 1.63. The largest absolute Gasteiger partial charge is 0.491 e. The Morgan fingerprint density at radius 3 is 1.50 bits per heavy atom. The van der Waals surface area contributed by atoms with Crippen LogP contribution in [0.5, 0.6) is 5.75 Å². The molecule has 0 saturated carbocycles. The van der Waals surface area contributed by atoms with Crippen molar-refractivity contribution in [1.29, 1.82) is 0 Å². The van der Waals surface area contributed by atoms with E-state index >= 15 is 0 Å². The molecule has 0 aliphatic carbocycles. The van der Waals surface area contributed by atoms with Gasteiger partial charge in [-0.25, -0.2) is 0 Å². The summed E-state index contributed by atoms with van der Waals surface area (Å²) in [5.41, 5.74) is 2.14. The van der Waals surface area contributed by atoms with Crippen LogP contribution in [0.25, 0.3) is 0 Å². The van der Waals surface area contributed by atoms with Crippen molar-refractivity contribution in [1.82, 2.24) is 0 Å². The number of rotatable bonds is 9. The molecule has 0 radical (unpaired) electrons. The van der Waals surface area contributed by atoms with E-state index in [1.54, 1.807) is 0 Å². The van der Waals surface area contributed by atoms with Gasteiger partial charge in [0.15, 0.2) is 0 Å². The fourth-order valence-corrected chi connectivity index (χ4v) is 4.03. The molecule has 162 valence electrons. The normalized spacial score (nSPS) is 12.3. The third-order valence-electron chi connectivity index (χ3n) is 5.29. The maximum Gasteiger partial charge on any atom is 0.143 e. The van der Waals surface area contributed by atoms with Crippen LogP contribution in [-0.2, 0) is 10.3 Å². The van der Waals surface area contributed by atoms with Gasteiger partial charge in [0.2, 0.25) is 0 Å². The Morgan fingerprint density at radius 1 is 0.625 bits per heavy atom.